The first-order chi connectivity index (χ1) is 5.98. The standard InChI is InChI=1S/C8H20N2O2S/c1-10(2)6-8-13(11,12)7-4-3-5-9/h3-9H2,1-2H3. The summed E-state index contributed by atoms with van der Waals surface area (Å²) in [5.41, 5.74) is 5.28. The molecule has 0 spiro atoms. The van der Waals surface area contributed by atoms with Gasteiger partial charge in [-0.25, -0.2) is 8.42 Å². The van der Waals surface area contributed by atoms with E-state index in [2.05, 4.69) is 0 Å². The summed E-state index contributed by atoms with van der Waals surface area (Å²) in [5, 5.41) is 0. The molecule has 0 aliphatic carbocycles. The predicted octanol–water partition coefficient (Wildman–Crippen LogP) is -0.298. The topological polar surface area (TPSA) is 63.4 Å². The van der Waals surface area contributed by atoms with Crippen LogP contribution in [0.5, 0.6) is 0 Å². The number of hydrogen-bond acceptors (Lipinski definition) is 4. The van der Waals surface area contributed by atoms with E-state index in [1.165, 1.54) is 0 Å². The Bertz CT molecular complexity index is 212. The van der Waals surface area contributed by atoms with Crippen molar-refractivity contribution in [1.82, 2.24) is 4.90 Å². The van der Waals surface area contributed by atoms with Crippen LogP contribution >= 0.6 is 0 Å². The lowest BCUT2D eigenvalue weighted by Crippen LogP contribution is -2.23. The Morgan fingerprint density at radius 2 is 1.77 bits per heavy atom. The van der Waals surface area contributed by atoms with Gasteiger partial charge in [0.1, 0.15) is 0 Å². The molecule has 0 aromatic carbocycles. The van der Waals surface area contributed by atoms with Gasteiger partial charge in [-0.15, -0.1) is 0 Å². The summed E-state index contributed by atoms with van der Waals surface area (Å²) in [4.78, 5) is 1.88. The molecule has 0 heterocycles. The van der Waals surface area contributed by atoms with E-state index in [9.17, 15) is 8.42 Å². The van der Waals surface area contributed by atoms with Gasteiger partial charge in [0.05, 0.1) is 11.5 Å². The fourth-order valence-electron chi connectivity index (χ4n) is 0.890. The summed E-state index contributed by atoms with van der Waals surface area (Å²) < 4.78 is 22.7. The third-order valence-corrected chi connectivity index (χ3v) is 3.47. The van der Waals surface area contributed by atoms with Crippen molar-refractivity contribution >= 4 is 9.84 Å². The molecule has 5 heteroatoms. The van der Waals surface area contributed by atoms with E-state index in [-0.39, 0.29) is 11.5 Å². The maximum atomic E-state index is 11.3. The van der Waals surface area contributed by atoms with Crippen LogP contribution in [0, 0.1) is 0 Å². The van der Waals surface area contributed by atoms with Gasteiger partial charge in [0.2, 0.25) is 0 Å². The Labute approximate surface area is 81.0 Å². The molecule has 0 aromatic rings. The average molecular weight is 208 g/mol. The molecule has 80 valence electrons. The van der Waals surface area contributed by atoms with Crippen molar-refractivity contribution in [1.29, 1.82) is 0 Å². The highest BCUT2D eigenvalue weighted by Gasteiger charge is 2.09. The van der Waals surface area contributed by atoms with E-state index < -0.39 is 9.84 Å². The van der Waals surface area contributed by atoms with Crippen LogP contribution in [-0.4, -0.2) is 52.0 Å². The molecule has 0 aromatic heterocycles. The molecule has 0 fully saturated rings. The highest BCUT2D eigenvalue weighted by Crippen LogP contribution is 1.97. The molecule has 2 N–H and O–H groups in total. The van der Waals surface area contributed by atoms with Crippen LogP contribution in [0.1, 0.15) is 12.8 Å². The minimum absolute atomic E-state index is 0.255. The maximum absolute atomic E-state index is 11.3. The summed E-state index contributed by atoms with van der Waals surface area (Å²) in [6.07, 6.45) is 1.48. The monoisotopic (exact) mass is 208 g/mol. The lowest BCUT2D eigenvalue weighted by atomic mass is 10.3. The van der Waals surface area contributed by atoms with E-state index in [4.69, 9.17) is 5.73 Å². The highest BCUT2D eigenvalue weighted by atomic mass is 32.2. The Morgan fingerprint density at radius 1 is 1.15 bits per heavy atom. The molecule has 0 bridgehead atoms. The van der Waals surface area contributed by atoms with Crippen LogP contribution in [0.25, 0.3) is 0 Å². The van der Waals surface area contributed by atoms with Crippen LogP contribution in [0.2, 0.25) is 0 Å². The van der Waals surface area contributed by atoms with Crippen molar-refractivity contribution < 1.29 is 8.42 Å². The van der Waals surface area contributed by atoms with E-state index in [0.717, 1.165) is 6.42 Å². The molecular weight excluding hydrogens is 188 g/mol. The molecule has 0 radical (unpaired) electrons. The minimum Gasteiger partial charge on any atom is -0.330 e. The number of hydrogen-bond donors (Lipinski definition) is 1. The second kappa shape index (κ2) is 6.34. The Balaban J connectivity index is 3.68. The summed E-state index contributed by atoms with van der Waals surface area (Å²) in [7, 11) is 0.895. The second-order valence-electron chi connectivity index (χ2n) is 3.45. The van der Waals surface area contributed by atoms with Gasteiger partial charge >= 0.3 is 0 Å². The molecule has 13 heavy (non-hydrogen) atoms. The highest BCUT2D eigenvalue weighted by molar-refractivity contribution is 7.91. The Hall–Kier alpha value is -0.130. The van der Waals surface area contributed by atoms with Crippen LogP contribution in [-0.2, 0) is 9.84 Å². The van der Waals surface area contributed by atoms with Crippen molar-refractivity contribution in [3.8, 4) is 0 Å². The molecule has 0 saturated carbocycles. The zero-order chi connectivity index (χ0) is 10.3. The van der Waals surface area contributed by atoms with Crippen molar-refractivity contribution in [2.75, 3.05) is 38.7 Å². The average Bonchev–Trinajstić information content (AvgIpc) is 2.02. The van der Waals surface area contributed by atoms with Crippen molar-refractivity contribution in [3.05, 3.63) is 0 Å². The maximum Gasteiger partial charge on any atom is 0.151 e. The van der Waals surface area contributed by atoms with E-state index >= 15 is 0 Å². The first-order valence-electron chi connectivity index (χ1n) is 4.53. The van der Waals surface area contributed by atoms with Gasteiger partial charge < -0.3 is 10.6 Å². The molecule has 0 unspecified atom stereocenters. The predicted molar refractivity (Wildman–Crippen MR) is 55.5 cm³/mol. The summed E-state index contributed by atoms with van der Waals surface area (Å²) in [5.74, 6) is 0.530. The van der Waals surface area contributed by atoms with Crippen LogP contribution in [0.4, 0.5) is 0 Å². The fourth-order valence-corrected chi connectivity index (χ4v) is 2.38. The van der Waals surface area contributed by atoms with Crippen molar-refractivity contribution in [2.45, 2.75) is 12.8 Å². The molecular formula is C8H20N2O2S. The molecule has 0 saturated heterocycles. The van der Waals surface area contributed by atoms with Gasteiger partial charge in [0.25, 0.3) is 0 Å². The van der Waals surface area contributed by atoms with Crippen molar-refractivity contribution in [2.24, 2.45) is 5.73 Å². The number of nitrogens with zero attached hydrogens (tertiary/aromatic N) is 1. The lowest BCUT2D eigenvalue weighted by molar-refractivity contribution is 0.432. The van der Waals surface area contributed by atoms with E-state index in [1.54, 1.807) is 0 Å². The molecule has 0 aliphatic rings. The number of rotatable bonds is 7. The molecule has 0 aliphatic heterocycles. The van der Waals surface area contributed by atoms with Gasteiger partial charge in [-0.1, -0.05) is 0 Å². The van der Waals surface area contributed by atoms with Gasteiger partial charge in [-0.2, -0.15) is 0 Å². The SMILES string of the molecule is CN(C)CCS(=O)(=O)CCCCN. The largest absolute Gasteiger partial charge is 0.330 e. The van der Waals surface area contributed by atoms with E-state index in [1.807, 2.05) is 19.0 Å². The summed E-state index contributed by atoms with van der Waals surface area (Å²) in [6.45, 7) is 1.17. The van der Waals surface area contributed by atoms with Crippen molar-refractivity contribution in [3.63, 3.8) is 0 Å². The smallest absolute Gasteiger partial charge is 0.151 e. The van der Waals surface area contributed by atoms with Crippen LogP contribution in [0.3, 0.4) is 0 Å². The zero-order valence-electron chi connectivity index (χ0n) is 8.49. The van der Waals surface area contributed by atoms with Gasteiger partial charge in [-0.3, -0.25) is 0 Å². The van der Waals surface area contributed by atoms with Gasteiger partial charge in [-0.05, 0) is 33.5 Å². The Morgan fingerprint density at radius 3 is 2.23 bits per heavy atom. The first-order valence-corrected chi connectivity index (χ1v) is 6.35. The van der Waals surface area contributed by atoms with Crippen LogP contribution < -0.4 is 5.73 Å². The second-order valence-corrected chi connectivity index (χ2v) is 5.75. The van der Waals surface area contributed by atoms with Crippen LogP contribution in [0.15, 0.2) is 0 Å². The quantitative estimate of drug-likeness (QED) is 0.584. The molecule has 0 amide bonds. The minimum atomic E-state index is -2.85. The van der Waals surface area contributed by atoms with Gasteiger partial charge in [0, 0.05) is 6.54 Å². The lowest BCUT2D eigenvalue weighted by Gasteiger charge is -2.09. The number of sulfone groups is 1. The van der Waals surface area contributed by atoms with E-state index in [0.29, 0.717) is 19.5 Å². The fraction of sp³-hybridized carbons (Fsp3) is 1.00. The summed E-state index contributed by atoms with van der Waals surface area (Å²) >= 11 is 0. The van der Waals surface area contributed by atoms with Gasteiger partial charge in [0.15, 0.2) is 9.84 Å². The third-order valence-electron chi connectivity index (χ3n) is 1.76. The number of nitrogens with two attached hydrogens (primary N) is 1. The number of unbranched alkanes of at least 4 members (excludes halogenated alkanes) is 1. The third kappa shape index (κ3) is 8.21. The summed E-state index contributed by atoms with van der Waals surface area (Å²) in [6, 6.07) is 0. The first kappa shape index (κ1) is 12.9. The molecule has 0 atom stereocenters. The Kier molecular flexibility index (Phi) is 6.28. The zero-order valence-corrected chi connectivity index (χ0v) is 9.31. The molecule has 0 rings (SSSR count). The normalized spacial score (nSPS) is 12.3. The molecule has 4 nitrogen and oxygen atoms in total.